The number of urea groups is 1. The van der Waals surface area contributed by atoms with Crippen molar-refractivity contribution >= 4 is 6.03 Å². The van der Waals surface area contributed by atoms with E-state index in [-0.39, 0.29) is 12.1 Å². The van der Waals surface area contributed by atoms with Crippen LogP contribution in [0, 0.1) is 5.92 Å². The van der Waals surface area contributed by atoms with Crippen molar-refractivity contribution in [1.82, 2.24) is 15.5 Å². The van der Waals surface area contributed by atoms with Crippen molar-refractivity contribution in [3.63, 3.8) is 0 Å². The summed E-state index contributed by atoms with van der Waals surface area (Å²) in [5.74, 6) is 0.702. The van der Waals surface area contributed by atoms with E-state index in [1.54, 1.807) is 0 Å². The fraction of sp³-hybridized carbons (Fsp3) is 0.909. The topological polar surface area (TPSA) is 44.4 Å². The summed E-state index contributed by atoms with van der Waals surface area (Å²) in [6.07, 6.45) is 2.49. The highest BCUT2D eigenvalue weighted by molar-refractivity contribution is 5.74. The molecule has 1 unspecified atom stereocenters. The maximum absolute atomic E-state index is 11.6. The zero-order chi connectivity index (χ0) is 10.8. The highest BCUT2D eigenvalue weighted by Gasteiger charge is 2.34. The summed E-state index contributed by atoms with van der Waals surface area (Å²) >= 11 is 0. The molecule has 4 nitrogen and oxygen atoms in total. The van der Waals surface area contributed by atoms with Gasteiger partial charge in [-0.2, -0.15) is 0 Å². The molecule has 15 heavy (non-hydrogen) atoms. The van der Waals surface area contributed by atoms with Crippen LogP contribution in [0.4, 0.5) is 4.79 Å². The van der Waals surface area contributed by atoms with Gasteiger partial charge in [0.25, 0.3) is 0 Å². The molecule has 3 aliphatic rings. The highest BCUT2D eigenvalue weighted by Crippen LogP contribution is 2.27. The molecular weight excluding hydrogens is 190 g/mol. The van der Waals surface area contributed by atoms with Gasteiger partial charge < -0.3 is 15.5 Å². The summed E-state index contributed by atoms with van der Waals surface area (Å²) in [6, 6.07) is 0.570. The predicted molar refractivity (Wildman–Crippen MR) is 59.8 cm³/mol. The first-order valence-corrected chi connectivity index (χ1v) is 5.94. The van der Waals surface area contributed by atoms with E-state index in [0.29, 0.717) is 12.0 Å². The van der Waals surface area contributed by atoms with Crippen LogP contribution in [-0.2, 0) is 0 Å². The molecule has 86 valence electrons. The van der Waals surface area contributed by atoms with Gasteiger partial charge in [-0.1, -0.05) is 0 Å². The Bertz CT molecular complexity index is 234. The van der Waals surface area contributed by atoms with Gasteiger partial charge in [0, 0.05) is 18.6 Å². The Hall–Kier alpha value is -0.770. The van der Waals surface area contributed by atoms with E-state index in [1.807, 2.05) is 13.8 Å². The Morgan fingerprint density at radius 1 is 1.33 bits per heavy atom. The molecule has 0 aromatic carbocycles. The van der Waals surface area contributed by atoms with E-state index in [2.05, 4.69) is 15.5 Å². The Labute approximate surface area is 91.4 Å². The number of hydrogen-bond acceptors (Lipinski definition) is 2. The van der Waals surface area contributed by atoms with E-state index < -0.39 is 0 Å². The van der Waals surface area contributed by atoms with Gasteiger partial charge in [-0.05, 0) is 45.7 Å². The number of nitrogens with zero attached hydrogens (tertiary/aromatic N) is 1. The molecule has 0 aromatic heterocycles. The van der Waals surface area contributed by atoms with Crippen molar-refractivity contribution in [2.24, 2.45) is 5.92 Å². The van der Waals surface area contributed by atoms with Crippen LogP contribution in [0.5, 0.6) is 0 Å². The van der Waals surface area contributed by atoms with Gasteiger partial charge in [-0.15, -0.1) is 0 Å². The number of carbonyl (C=O) groups is 1. The number of rotatable bonds is 2. The molecule has 0 radical (unpaired) electrons. The largest absolute Gasteiger partial charge is 0.336 e. The molecule has 0 saturated carbocycles. The molecule has 0 aliphatic carbocycles. The van der Waals surface area contributed by atoms with Crippen molar-refractivity contribution < 1.29 is 4.79 Å². The lowest BCUT2D eigenvalue weighted by Gasteiger charge is -2.44. The molecule has 0 aromatic rings. The number of piperidine rings is 3. The molecule has 2 amide bonds. The lowest BCUT2D eigenvalue weighted by molar-refractivity contribution is 0.0765. The van der Waals surface area contributed by atoms with Gasteiger partial charge in [0.05, 0.1) is 0 Å². The third kappa shape index (κ3) is 2.62. The zero-order valence-electron chi connectivity index (χ0n) is 9.62. The zero-order valence-corrected chi connectivity index (χ0v) is 9.62. The summed E-state index contributed by atoms with van der Waals surface area (Å²) in [4.78, 5) is 14.0. The molecule has 3 saturated heterocycles. The van der Waals surface area contributed by atoms with Gasteiger partial charge in [0.1, 0.15) is 0 Å². The SMILES string of the molecule is CC(C)NC(=O)NC1CN2CCC1CC2. The first-order valence-electron chi connectivity index (χ1n) is 5.94. The number of amides is 2. The Kier molecular flexibility index (Phi) is 3.14. The summed E-state index contributed by atoms with van der Waals surface area (Å²) in [7, 11) is 0. The molecule has 0 spiro atoms. The van der Waals surface area contributed by atoms with Crippen LogP contribution in [0.15, 0.2) is 0 Å². The molecule has 2 N–H and O–H groups in total. The van der Waals surface area contributed by atoms with E-state index in [9.17, 15) is 4.79 Å². The van der Waals surface area contributed by atoms with Crippen LogP contribution in [0.3, 0.4) is 0 Å². The van der Waals surface area contributed by atoms with Crippen molar-refractivity contribution in [2.75, 3.05) is 19.6 Å². The summed E-state index contributed by atoms with van der Waals surface area (Å²) in [6.45, 7) is 7.44. The average molecular weight is 211 g/mol. The smallest absolute Gasteiger partial charge is 0.315 e. The van der Waals surface area contributed by atoms with Crippen LogP contribution in [0.2, 0.25) is 0 Å². The van der Waals surface area contributed by atoms with Crippen molar-refractivity contribution in [3.05, 3.63) is 0 Å². The van der Waals surface area contributed by atoms with Crippen LogP contribution in [-0.4, -0.2) is 42.6 Å². The summed E-state index contributed by atoms with van der Waals surface area (Å²) in [5.41, 5.74) is 0. The van der Waals surface area contributed by atoms with Crippen LogP contribution in [0.25, 0.3) is 0 Å². The predicted octanol–water partition coefficient (Wildman–Crippen LogP) is 0.788. The molecule has 1 atom stereocenters. The minimum Gasteiger partial charge on any atom is -0.336 e. The first-order chi connectivity index (χ1) is 7.15. The lowest BCUT2D eigenvalue weighted by Crippen LogP contribution is -2.59. The number of hydrogen-bond donors (Lipinski definition) is 2. The maximum atomic E-state index is 11.6. The minimum absolute atomic E-state index is 0.0104. The second-order valence-corrected chi connectivity index (χ2v) is 5.02. The quantitative estimate of drug-likeness (QED) is 0.709. The van der Waals surface area contributed by atoms with Gasteiger partial charge in [0.2, 0.25) is 0 Å². The van der Waals surface area contributed by atoms with Crippen LogP contribution >= 0.6 is 0 Å². The first kappa shape index (κ1) is 10.7. The average Bonchev–Trinajstić information content (AvgIpc) is 2.17. The normalized spacial score (nSPS) is 34.2. The standard InChI is InChI=1S/C11H21N3O/c1-8(2)12-11(15)13-10-7-14-5-3-9(10)4-6-14/h8-10H,3-7H2,1-2H3,(H2,12,13,15). The van der Waals surface area contributed by atoms with Gasteiger partial charge in [-0.3, -0.25) is 0 Å². The van der Waals surface area contributed by atoms with E-state index in [0.717, 1.165) is 6.54 Å². The van der Waals surface area contributed by atoms with Crippen molar-refractivity contribution in [3.8, 4) is 0 Å². The highest BCUT2D eigenvalue weighted by atomic mass is 16.2. The third-order valence-corrected chi connectivity index (χ3v) is 3.39. The molecule has 3 aliphatic heterocycles. The van der Waals surface area contributed by atoms with Crippen LogP contribution in [0.1, 0.15) is 26.7 Å². The third-order valence-electron chi connectivity index (χ3n) is 3.39. The van der Waals surface area contributed by atoms with Crippen molar-refractivity contribution in [1.29, 1.82) is 0 Å². The minimum atomic E-state index is -0.0104. The number of nitrogens with one attached hydrogen (secondary N) is 2. The van der Waals surface area contributed by atoms with E-state index >= 15 is 0 Å². The van der Waals surface area contributed by atoms with Crippen molar-refractivity contribution in [2.45, 2.75) is 38.8 Å². The van der Waals surface area contributed by atoms with E-state index in [4.69, 9.17) is 0 Å². The number of carbonyl (C=O) groups excluding carboxylic acids is 1. The van der Waals surface area contributed by atoms with Gasteiger partial charge in [-0.25, -0.2) is 4.79 Å². The molecule has 2 bridgehead atoms. The second kappa shape index (κ2) is 4.39. The monoisotopic (exact) mass is 211 g/mol. The Morgan fingerprint density at radius 3 is 2.47 bits per heavy atom. The fourth-order valence-corrected chi connectivity index (χ4v) is 2.60. The Morgan fingerprint density at radius 2 is 2.00 bits per heavy atom. The second-order valence-electron chi connectivity index (χ2n) is 5.02. The van der Waals surface area contributed by atoms with Gasteiger partial charge in [0.15, 0.2) is 0 Å². The molecule has 3 fully saturated rings. The summed E-state index contributed by atoms with van der Waals surface area (Å²) < 4.78 is 0. The summed E-state index contributed by atoms with van der Waals surface area (Å²) in [5, 5.41) is 5.97. The van der Waals surface area contributed by atoms with Crippen LogP contribution < -0.4 is 10.6 Å². The fourth-order valence-electron chi connectivity index (χ4n) is 2.60. The van der Waals surface area contributed by atoms with Gasteiger partial charge >= 0.3 is 6.03 Å². The molecule has 3 heterocycles. The molecule has 4 heteroatoms. The number of fused-ring (bicyclic) bond motifs is 3. The molecular formula is C11H21N3O. The lowest BCUT2D eigenvalue weighted by atomic mass is 9.84. The van der Waals surface area contributed by atoms with E-state index in [1.165, 1.54) is 25.9 Å². The maximum Gasteiger partial charge on any atom is 0.315 e. The Balaban J connectivity index is 1.82. The molecule has 3 rings (SSSR count).